The van der Waals surface area contributed by atoms with E-state index in [9.17, 15) is 4.79 Å². The van der Waals surface area contributed by atoms with Crippen molar-refractivity contribution in [3.63, 3.8) is 0 Å². The smallest absolute Gasteiger partial charge is 0.187 e. The maximum Gasteiger partial charge on any atom is 0.187 e. The molecule has 2 aromatic carbocycles. The highest BCUT2D eigenvalue weighted by atomic mass is 79.9. The zero-order chi connectivity index (χ0) is 22.2. The lowest BCUT2D eigenvalue weighted by atomic mass is 10.0. The van der Waals surface area contributed by atoms with Gasteiger partial charge in [-0.3, -0.25) is 9.79 Å². The van der Waals surface area contributed by atoms with Gasteiger partial charge in [-0.25, -0.2) is 4.68 Å². The number of rotatable bonds is 10. The number of hydrogen-bond acceptors (Lipinski definition) is 6. The maximum absolute atomic E-state index is 12.8. The third-order valence-electron chi connectivity index (χ3n) is 4.55. The first kappa shape index (κ1) is 22.7. The van der Waals surface area contributed by atoms with Crippen LogP contribution in [0.4, 0.5) is 0 Å². The molecule has 1 atom stereocenters. The first-order chi connectivity index (χ1) is 15.1. The molecule has 0 aliphatic rings. The lowest BCUT2D eigenvalue weighted by Crippen LogP contribution is -2.19. The molecule has 31 heavy (non-hydrogen) atoms. The van der Waals surface area contributed by atoms with E-state index in [0.29, 0.717) is 18.1 Å². The molecule has 7 nitrogen and oxygen atoms in total. The van der Waals surface area contributed by atoms with E-state index in [1.807, 2.05) is 55.6 Å². The molecule has 1 heterocycles. The number of methoxy groups -OCH3 is 2. The Balaban J connectivity index is 1.72. The third-order valence-corrected chi connectivity index (χ3v) is 5.33. The van der Waals surface area contributed by atoms with Crippen LogP contribution in [0, 0.1) is 0 Å². The largest absolute Gasteiger partial charge is 0.495 e. The molecular weight excluding hydrogens is 462 g/mol. The van der Waals surface area contributed by atoms with Crippen molar-refractivity contribution in [2.24, 2.45) is 4.99 Å². The molecule has 0 aliphatic heterocycles. The van der Waals surface area contributed by atoms with Crippen molar-refractivity contribution in [1.82, 2.24) is 9.78 Å². The van der Waals surface area contributed by atoms with Crippen LogP contribution in [0.15, 0.2) is 64.3 Å². The Bertz CT molecular complexity index is 1010. The van der Waals surface area contributed by atoms with Gasteiger partial charge in [-0.1, -0.05) is 12.1 Å². The Hall–Kier alpha value is -2.97. The number of aromatic nitrogens is 2. The van der Waals surface area contributed by atoms with Crippen LogP contribution in [-0.2, 0) is 9.53 Å². The SMILES string of the molecule is CCOC(C(=O)CN=Cc1cc(OC)c(Br)c(OC)c1)c1ccc(-n2cccn2)cc1. The van der Waals surface area contributed by atoms with Crippen molar-refractivity contribution in [3.05, 3.63) is 70.5 Å². The second-order valence-electron chi connectivity index (χ2n) is 6.55. The van der Waals surface area contributed by atoms with Crippen LogP contribution < -0.4 is 9.47 Å². The Morgan fingerprint density at radius 1 is 1.19 bits per heavy atom. The molecule has 0 saturated carbocycles. The van der Waals surface area contributed by atoms with Crippen LogP contribution in [0.3, 0.4) is 0 Å². The summed E-state index contributed by atoms with van der Waals surface area (Å²) in [6.07, 6.45) is 4.53. The van der Waals surface area contributed by atoms with E-state index in [1.165, 1.54) is 0 Å². The fourth-order valence-electron chi connectivity index (χ4n) is 3.05. The van der Waals surface area contributed by atoms with Crippen LogP contribution in [-0.4, -0.2) is 49.1 Å². The molecule has 3 aromatic rings. The Labute approximate surface area is 189 Å². The predicted octanol–water partition coefficient (Wildman–Crippen LogP) is 4.42. The zero-order valence-corrected chi connectivity index (χ0v) is 19.2. The van der Waals surface area contributed by atoms with Gasteiger partial charge in [0.15, 0.2) is 5.78 Å². The molecule has 0 amide bonds. The fraction of sp³-hybridized carbons (Fsp3) is 0.261. The summed E-state index contributed by atoms with van der Waals surface area (Å²) in [5.74, 6) is 1.12. The van der Waals surface area contributed by atoms with Crippen LogP contribution >= 0.6 is 15.9 Å². The average molecular weight is 486 g/mol. The van der Waals surface area contributed by atoms with E-state index in [4.69, 9.17) is 14.2 Å². The summed E-state index contributed by atoms with van der Waals surface area (Å²) in [5.41, 5.74) is 2.46. The number of ether oxygens (including phenoxy) is 3. The zero-order valence-electron chi connectivity index (χ0n) is 17.6. The van der Waals surface area contributed by atoms with E-state index in [1.54, 1.807) is 31.3 Å². The number of carbonyl (C=O) groups excluding carboxylic acids is 1. The van der Waals surface area contributed by atoms with Gasteiger partial charge in [-0.05, 0) is 64.3 Å². The summed E-state index contributed by atoms with van der Waals surface area (Å²) < 4.78 is 18.9. The lowest BCUT2D eigenvalue weighted by Gasteiger charge is -2.16. The Morgan fingerprint density at radius 2 is 1.87 bits per heavy atom. The molecule has 0 saturated heterocycles. The fourth-order valence-corrected chi connectivity index (χ4v) is 3.61. The Morgan fingerprint density at radius 3 is 2.42 bits per heavy atom. The first-order valence-corrected chi connectivity index (χ1v) is 10.5. The molecule has 162 valence electrons. The molecule has 0 fully saturated rings. The summed E-state index contributed by atoms with van der Waals surface area (Å²) in [6.45, 7) is 2.27. The number of carbonyl (C=O) groups is 1. The van der Waals surface area contributed by atoms with Crippen molar-refractivity contribution < 1.29 is 19.0 Å². The molecule has 0 bridgehead atoms. The molecule has 3 rings (SSSR count). The monoisotopic (exact) mass is 485 g/mol. The minimum Gasteiger partial charge on any atom is -0.495 e. The number of halogens is 1. The van der Waals surface area contributed by atoms with Gasteiger partial charge in [0.05, 0.1) is 19.9 Å². The second-order valence-corrected chi connectivity index (χ2v) is 7.35. The van der Waals surface area contributed by atoms with Gasteiger partial charge in [0.25, 0.3) is 0 Å². The standard InChI is InChI=1S/C23H24BrN3O4/c1-4-31-23(17-6-8-18(9-7-17)27-11-5-10-26-27)19(28)15-25-14-16-12-20(29-2)22(24)21(13-16)30-3/h5-14,23H,4,15H2,1-3H3. The van der Waals surface area contributed by atoms with Crippen molar-refractivity contribution in [2.75, 3.05) is 27.4 Å². The summed E-state index contributed by atoms with van der Waals surface area (Å²) in [5, 5.41) is 4.21. The summed E-state index contributed by atoms with van der Waals surface area (Å²) in [7, 11) is 3.16. The van der Waals surface area contributed by atoms with Gasteiger partial charge in [0.1, 0.15) is 28.6 Å². The molecule has 0 radical (unpaired) electrons. The van der Waals surface area contributed by atoms with Crippen molar-refractivity contribution >= 4 is 27.9 Å². The second kappa shape index (κ2) is 10.9. The molecule has 1 aromatic heterocycles. The van der Waals surface area contributed by atoms with E-state index in [2.05, 4.69) is 26.0 Å². The molecular formula is C23H24BrN3O4. The molecule has 1 unspecified atom stereocenters. The van der Waals surface area contributed by atoms with E-state index >= 15 is 0 Å². The summed E-state index contributed by atoms with van der Waals surface area (Å²) in [6, 6.07) is 13.1. The molecule has 0 aliphatic carbocycles. The topological polar surface area (TPSA) is 74.9 Å². The number of benzene rings is 2. The molecule has 0 N–H and O–H groups in total. The highest BCUT2D eigenvalue weighted by molar-refractivity contribution is 9.10. The summed E-state index contributed by atoms with van der Waals surface area (Å²) in [4.78, 5) is 17.1. The van der Waals surface area contributed by atoms with Gasteiger partial charge >= 0.3 is 0 Å². The molecule has 8 heteroatoms. The van der Waals surface area contributed by atoms with Crippen LogP contribution in [0.1, 0.15) is 24.2 Å². The number of nitrogens with zero attached hydrogens (tertiary/aromatic N) is 3. The quantitative estimate of drug-likeness (QED) is 0.397. The first-order valence-electron chi connectivity index (χ1n) is 9.73. The van der Waals surface area contributed by atoms with Gasteiger partial charge in [0.2, 0.25) is 0 Å². The van der Waals surface area contributed by atoms with Gasteiger partial charge in [-0.15, -0.1) is 0 Å². The number of aliphatic imine (C=N–C) groups is 1. The highest BCUT2D eigenvalue weighted by Gasteiger charge is 2.20. The van der Waals surface area contributed by atoms with Gasteiger partial charge in [-0.2, -0.15) is 5.10 Å². The normalized spacial score (nSPS) is 12.1. The van der Waals surface area contributed by atoms with E-state index in [0.717, 1.165) is 21.3 Å². The van der Waals surface area contributed by atoms with Crippen molar-refractivity contribution in [3.8, 4) is 17.2 Å². The number of Topliss-reactive ketones (excluding diaryl/α,β-unsaturated/α-hetero) is 1. The van der Waals surface area contributed by atoms with Crippen LogP contribution in [0.25, 0.3) is 5.69 Å². The van der Waals surface area contributed by atoms with E-state index in [-0.39, 0.29) is 12.3 Å². The van der Waals surface area contributed by atoms with Crippen molar-refractivity contribution in [2.45, 2.75) is 13.0 Å². The van der Waals surface area contributed by atoms with E-state index < -0.39 is 6.10 Å². The van der Waals surface area contributed by atoms with Gasteiger partial charge in [0, 0.05) is 25.2 Å². The van der Waals surface area contributed by atoms with Crippen molar-refractivity contribution in [1.29, 1.82) is 0 Å². The number of hydrogen-bond donors (Lipinski definition) is 0. The van der Waals surface area contributed by atoms with Crippen LogP contribution in [0.2, 0.25) is 0 Å². The van der Waals surface area contributed by atoms with Gasteiger partial charge < -0.3 is 14.2 Å². The lowest BCUT2D eigenvalue weighted by molar-refractivity contribution is -0.129. The maximum atomic E-state index is 12.8. The average Bonchev–Trinajstić information content (AvgIpc) is 3.33. The third kappa shape index (κ3) is 5.59. The predicted molar refractivity (Wildman–Crippen MR) is 123 cm³/mol. The Kier molecular flexibility index (Phi) is 7.97. The highest BCUT2D eigenvalue weighted by Crippen LogP contribution is 2.35. The molecule has 0 spiro atoms. The minimum absolute atomic E-state index is 0.00767. The van der Waals surface area contributed by atoms with Crippen LogP contribution in [0.5, 0.6) is 11.5 Å². The number of ketones is 1. The minimum atomic E-state index is -0.678. The summed E-state index contributed by atoms with van der Waals surface area (Å²) >= 11 is 3.44.